The first kappa shape index (κ1) is 17.5. The molecule has 0 saturated heterocycles. The molecule has 0 aliphatic carbocycles. The van der Waals surface area contributed by atoms with Crippen molar-refractivity contribution in [3.8, 4) is 0 Å². The van der Waals surface area contributed by atoms with Crippen LogP contribution >= 0.6 is 0 Å². The third-order valence-corrected chi connectivity index (χ3v) is 3.32. The molecule has 0 aliphatic heterocycles. The van der Waals surface area contributed by atoms with Crippen molar-refractivity contribution >= 4 is 5.96 Å². The fourth-order valence-electron chi connectivity index (χ4n) is 2.01. The minimum Gasteiger partial charge on any atom is -0.356 e. The summed E-state index contributed by atoms with van der Waals surface area (Å²) in [5, 5.41) is 10.9. The van der Waals surface area contributed by atoms with Crippen LogP contribution in [0.3, 0.4) is 0 Å². The third kappa shape index (κ3) is 8.34. The molecule has 0 aromatic carbocycles. The highest BCUT2D eigenvalue weighted by Gasteiger charge is 2.00. The molecule has 2 N–H and O–H groups in total. The van der Waals surface area contributed by atoms with E-state index in [9.17, 15) is 0 Å². The van der Waals surface area contributed by atoms with Crippen LogP contribution in [0.5, 0.6) is 0 Å². The summed E-state index contributed by atoms with van der Waals surface area (Å²) in [5.74, 6) is 0.874. The molecule has 0 saturated carbocycles. The molecule has 1 heterocycles. The average molecular weight is 294 g/mol. The minimum atomic E-state index is 0.874. The first-order valence-corrected chi connectivity index (χ1v) is 7.86. The zero-order valence-electron chi connectivity index (χ0n) is 13.7. The molecule has 0 unspecified atom stereocenters. The number of aromatic nitrogens is 2. The Kier molecular flexibility index (Phi) is 9.28. The highest BCUT2D eigenvalue weighted by molar-refractivity contribution is 5.79. The summed E-state index contributed by atoms with van der Waals surface area (Å²) in [6.45, 7) is 7.16. The van der Waals surface area contributed by atoms with Gasteiger partial charge in [-0.2, -0.15) is 5.10 Å². The number of likely N-dealkylation sites (N-methyl/N-ethyl adjacent to an activating group) is 1. The average Bonchev–Trinajstić information content (AvgIpc) is 3.00. The Morgan fingerprint density at radius 2 is 2.05 bits per heavy atom. The zero-order valence-corrected chi connectivity index (χ0v) is 13.7. The number of unbranched alkanes of at least 4 members (excludes halogenated alkanes) is 1. The number of nitrogens with one attached hydrogen (secondary N) is 2. The minimum absolute atomic E-state index is 0.874. The number of hydrogen-bond acceptors (Lipinski definition) is 3. The second kappa shape index (κ2) is 11.1. The topological polar surface area (TPSA) is 57.5 Å². The molecule has 6 heteroatoms. The quantitative estimate of drug-likeness (QED) is 0.386. The molecule has 0 fully saturated rings. The predicted octanol–water partition coefficient (Wildman–Crippen LogP) is 1.17. The summed E-state index contributed by atoms with van der Waals surface area (Å²) in [5.41, 5.74) is 0. The summed E-state index contributed by atoms with van der Waals surface area (Å²) in [6.07, 6.45) is 7.33. The monoisotopic (exact) mass is 294 g/mol. The number of aliphatic imine (C=N–C) groups is 1. The van der Waals surface area contributed by atoms with Gasteiger partial charge < -0.3 is 15.5 Å². The van der Waals surface area contributed by atoms with Crippen LogP contribution in [0.25, 0.3) is 0 Å². The van der Waals surface area contributed by atoms with E-state index in [4.69, 9.17) is 0 Å². The standard InChI is InChI=1S/C15H30N6/c1-4-5-11-20(3)14-10-18-15(16-2)17-8-6-12-21-13-7-9-19-21/h7,9,13H,4-6,8,10-12,14H2,1-3H3,(H2,16,17,18). The van der Waals surface area contributed by atoms with Gasteiger partial charge in [-0.25, -0.2) is 0 Å². The molecular formula is C15H30N6. The lowest BCUT2D eigenvalue weighted by atomic mass is 10.3. The first-order chi connectivity index (χ1) is 10.3. The van der Waals surface area contributed by atoms with Crippen molar-refractivity contribution in [1.82, 2.24) is 25.3 Å². The highest BCUT2D eigenvalue weighted by atomic mass is 15.3. The van der Waals surface area contributed by atoms with E-state index in [-0.39, 0.29) is 0 Å². The molecule has 21 heavy (non-hydrogen) atoms. The van der Waals surface area contributed by atoms with Crippen LogP contribution in [0.15, 0.2) is 23.5 Å². The summed E-state index contributed by atoms with van der Waals surface area (Å²) in [4.78, 5) is 6.58. The smallest absolute Gasteiger partial charge is 0.191 e. The van der Waals surface area contributed by atoms with Gasteiger partial charge in [-0.1, -0.05) is 13.3 Å². The number of aryl methyl sites for hydroxylation is 1. The van der Waals surface area contributed by atoms with Crippen molar-refractivity contribution in [1.29, 1.82) is 0 Å². The molecule has 0 radical (unpaired) electrons. The van der Waals surface area contributed by atoms with E-state index in [1.54, 1.807) is 0 Å². The van der Waals surface area contributed by atoms with Gasteiger partial charge in [0.05, 0.1) is 0 Å². The molecule has 1 aromatic heterocycles. The van der Waals surface area contributed by atoms with E-state index in [2.05, 4.69) is 39.6 Å². The van der Waals surface area contributed by atoms with E-state index in [0.717, 1.165) is 45.1 Å². The van der Waals surface area contributed by atoms with Crippen LogP contribution in [0.2, 0.25) is 0 Å². The normalized spacial score (nSPS) is 11.9. The van der Waals surface area contributed by atoms with Gasteiger partial charge in [-0.15, -0.1) is 0 Å². The van der Waals surface area contributed by atoms with Crippen LogP contribution in [0.4, 0.5) is 0 Å². The van der Waals surface area contributed by atoms with Crippen LogP contribution in [-0.2, 0) is 6.54 Å². The molecule has 0 amide bonds. The molecule has 6 nitrogen and oxygen atoms in total. The van der Waals surface area contributed by atoms with Crippen molar-refractivity contribution in [3.63, 3.8) is 0 Å². The van der Waals surface area contributed by atoms with Crippen LogP contribution in [0, 0.1) is 0 Å². The van der Waals surface area contributed by atoms with Gasteiger partial charge >= 0.3 is 0 Å². The Bertz CT molecular complexity index is 374. The van der Waals surface area contributed by atoms with Gasteiger partial charge in [0, 0.05) is 45.6 Å². The lowest BCUT2D eigenvalue weighted by Gasteiger charge is -2.18. The van der Waals surface area contributed by atoms with E-state index in [1.165, 1.54) is 12.8 Å². The maximum Gasteiger partial charge on any atom is 0.191 e. The molecule has 120 valence electrons. The summed E-state index contributed by atoms with van der Waals surface area (Å²) in [6, 6.07) is 1.95. The SMILES string of the molecule is CCCCN(C)CCNC(=NC)NCCCn1cccn1. The number of hydrogen-bond donors (Lipinski definition) is 2. The number of guanidine groups is 1. The van der Waals surface area contributed by atoms with E-state index in [1.807, 2.05) is 30.2 Å². The number of nitrogens with zero attached hydrogens (tertiary/aromatic N) is 4. The lowest BCUT2D eigenvalue weighted by Crippen LogP contribution is -2.41. The molecule has 0 aliphatic rings. The molecule has 0 bridgehead atoms. The van der Waals surface area contributed by atoms with Crippen molar-refractivity contribution in [2.24, 2.45) is 4.99 Å². The van der Waals surface area contributed by atoms with Gasteiger partial charge in [-0.05, 0) is 32.5 Å². The fourth-order valence-corrected chi connectivity index (χ4v) is 2.01. The second-order valence-electron chi connectivity index (χ2n) is 5.21. The van der Waals surface area contributed by atoms with Crippen LogP contribution in [0.1, 0.15) is 26.2 Å². The molecule has 1 rings (SSSR count). The van der Waals surface area contributed by atoms with E-state index in [0.29, 0.717) is 0 Å². The van der Waals surface area contributed by atoms with Gasteiger partial charge in [-0.3, -0.25) is 9.67 Å². The Hall–Kier alpha value is -1.56. The Morgan fingerprint density at radius 3 is 2.71 bits per heavy atom. The summed E-state index contributed by atoms with van der Waals surface area (Å²) in [7, 11) is 3.97. The van der Waals surface area contributed by atoms with Crippen molar-refractivity contribution in [2.75, 3.05) is 40.3 Å². The summed E-state index contributed by atoms with van der Waals surface area (Å²) >= 11 is 0. The number of rotatable bonds is 10. The first-order valence-electron chi connectivity index (χ1n) is 7.86. The van der Waals surface area contributed by atoms with Crippen molar-refractivity contribution < 1.29 is 0 Å². The Labute approximate surface area is 128 Å². The second-order valence-corrected chi connectivity index (χ2v) is 5.21. The maximum atomic E-state index is 4.24. The molecule has 0 spiro atoms. The maximum absolute atomic E-state index is 4.24. The van der Waals surface area contributed by atoms with E-state index >= 15 is 0 Å². The van der Waals surface area contributed by atoms with Gasteiger partial charge in [0.15, 0.2) is 5.96 Å². The fraction of sp³-hybridized carbons (Fsp3) is 0.733. The Morgan fingerprint density at radius 1 is 1.24 bits per heavy atom. The third-order valence-electron chi connectivity index (χ3n) is 3.32. The highest BCUT2D eigenvalue weighted by Crippen LogP contribution is 1.90. The van der Waals surface area contributed by atoms with Gasteiger partial charge in [0.2, 0.25) is 0 Å². The van der Waals surface area contributed by atoms with Gasteiger partial charge in [0.25, 0.3) is 0 Å². The molecule has 1 aromatic rings. The largest absolute Gasteiger partial charge is 0.356 e. The molecule has 0 atom stereocenters. The van der Waals surface area contributed by atoms with Gasteiger partial charge in [0.1, 0.15) is 0 Å². The Balaban J connectivity index is 2.06. The van der Waals surface area contributed by atoms with Crippen molar-refractivity contribution in [3.05, 3.63) is 18.5 Å². The zero-order chi connectivity index (χ0) is 15.3. The van der Waals surface area contributed by atoms with E-state index < -0.39 is 0 Å². The lowest BCUT2D eigenvalue weighted by molar-refractivity contribution is 0.332. The molecular weight excluding hydrogens is 264 g/mol. The van der Waals surface area contributed by atoms with Crippen LogP contribution in [-0.4, -0.2) is 60.9 Å². The predicted molar refractivity (Wildman–Crippen MR) is 88.6 cm³/mol. The van der Waals surface area contributed by atoms with Crippen LogP contribution < -0.4 is 10.6 Å². The summed E-state index contributed by atoms with van der Waals surface area (Å²) < 4.78 is 1.95. The van der Waals surface area contributed by atoms with Crippen molar-refractivity contribution in [2.45, 2.75) is 32.7 Å².